The summed E-state index contributed by atoms with van der Waals surface area (Å²) in [7, 11) is 0. The quantitative estimate of drug-likeness (QED) is 0.575. The summed E-state index contributed by atoms with van der Waals surface area (Å²) in [5.41, 5.74) is 2.38. The smallest absolute Gasteiger partial charge is 0.238 e. The Bertz CT molecular complexity index is 462. The number of hydrogen-bond donors (Lipinski definition) is 0. The number of rotatable bonds is 4. The van der Waals surface area contributed by atoms with Gasteiger partial charge >= 0.3 is 0 Å². The molecule has 91 valence electrons. The van der Waals surface area contributed by atoms with Crippen LogP contribution in [0.1, 0.15) is 24.0 Å². The van der Waals surface area contributed by atoms with Crippen LogP contribution in [-0.2, 0) is 5.11 Å². The van der Waals surface area contributed by atoms with Gasteiger partial charge in [0.1, 0.15) is 0 Å². The van der Waals surface area contributed by atoms with Crippen molar-refractivity contribution < 1.29 is 5.11 Å². The van der Waals surface area contributed by atoms with Crippen molar-refractivity contribution in [2.75, 3.05) is 6.54 Å². The van der Waals surface area contributed by atoms with Gasteiger partial charge in [-0.25, -0.2) is 0 Å². The van der Waals surface area contributed by atoms with E-state index in [-0.39, 0.29) is 11.8 Å². The molecule has 2 rings (SSSR count). The van der Waals surface area contributed by atoms with Gasteiger partial charge in [-0.15, -0.1) is 0 Å². The van der Waals surface area contributed by atoms with Gasteiger partial charge in [-0.05, 0) is 11.1 Å². The lowest BCUT2D eigenvalue weighted by Gasteiger charge is -2.15. The van der Waals surface area contributed by atoms with E-state index in [1.807, 2.05) is 36.4 Å². The molecule has 0 unspecified atom stereocenters. The second kappa shape index (κ2) is 6.01. The molecule has 0 atom stereocenters. The third-order valence-electron chi connectivity index (χ3n) is 2.90. The molecule has 0 N–H and O–H groups in total. The standard InChI is InChI=1S/C16H16NO/c1-13(18)17-12-16(14-8-4-2-5-9-14)15-10-6-3-7-11-15/h2-11,16H,12H2,1H3. The van der Waals surface area contributed by atoms with E-state index in [9.17, 15) is 5.11 Å². The first-order chi connectivity index (χ1) is 8.77. The molecule has 2 aromatic rings. The third-order valence-corrected chi connectivity index (χ3v) is 2.90. The number of hydrogen-bond acceptors (Lipinski definition) is 1. The van der Waals surface area contributed by atoms with Crippen LogP contribution in [0.2, 0.25) is 0 Å². The van der Waals surface area contributed by atoms with Crippen LogP contribution in [-0.4, -0.2) is 12.4 Å². The monoisotopic (exact) mass is 238 g/mol. The highest BCUT2D eigenvalue weighted by atomic mass is 16.3. The van der Waals surface area contributed by atoms with Gasteiger partial charge in [0.15, 0.2) is 0 Å². The first kappa shape index (κ1) is 12.4. The number of nitrogens with zero attached hydrogens (tertiary/aromatic N) is 1. The van der Waals surface area contributed by atoms with Crippen LogP contribution in [0.3, 0.4) is 0 Å². The van der Waals surface area contributed by atoms with Gasteiger partial charge in [0, 0.05) is 12.8 Å². The van der Waals surface area contributed by atoms with E-state index >= 15 is 0 Å². The topological polar surface area (TPSA) is 32.3 Å². The molecule has 0 aliphatic heterocycles. The van der Waals surface area contributed by atoms with Gasteiger partial charge < -0.3 is 0 Å². The molecule has 0 spiro atoms. The second-order valence-corrected chi connectivity index (χ2v) is 4.23. The molecule has 0 amide bonds. The van der Waals surface area contributed by atoms with Crippen LogP contribution in [0, 0.1) is 0 Å². The molecule has 18 heavy (non-hydrogen) atoms. The Kier molecular flexibility index (Phi) is 4.13. The highest BCUT2D eigenvalue weighted by molar-refractivity contribution is 5.70. The summed E-state index contributed by atoms with van der Waals surface area (Å²) >= 11 is 0. The van der Waals surface area contributed by atoms with Crippen molar-refractivity contribution in [1.29, 1.82) is 0 Å². The van der Waals surface area contributed by atoms with E-state index in [1.54, 1.807) is 0 Å². The van der Waals surface area contributed by atoms with Gasteiger partial charge in [0.2, 0.25) is 5.90 Å². The van der Waals surface area contributed by atoms with Crippen LogP contribution in [0.5, 0.6) is 0 Å². The molecule has 0 saturated heterocycles. The fourth-order valence-corrected chi connectivity index (χ4v) is 1.99. The number of benzene rings is 2. The average molecular weight is 238 g/mol. The fraction of sp³-hybridized carbons (Fsp3) is 0.188. The van der Waals surface area contributed by atoms with Crippen molar-refractivity contribution in [2.45, 2.75) is 12.8 Å². The van der Waals surface area contributed by atoms with Gasteiger partial charge in [-0.2, -0.15) is 0 Å². The lowest BCUT2D eigenvalue weighted by atomic mass is 9.91. The number of aliphatic imine (C=N–C) groups is 1. The molecule has 2 heteroatoms. The Labute approximate surface area is 108 Å². The molecule has 2 nitrogen and oxygen atoms in total. The molecule has 0 bridgehead atoms. The Morgan fingerprint density at radius 3 is 1.78 bits per heavy atom. The minimum Gasteiger partial charge on any atom is -0.273 e. The minimum atomic E-state index is -0.119. The molecular formula is C16H16NO. The maximum absolute atomic E-state index is 11.0. The lowest BCUT2D eigenvalue weighted by molar-refractivity contribution is 0.420. The molecule has 0 aliphatic rings. The first-order valence-electron chi connectivity index (χ1n) is 6.05. The van der Waals surface area contributed by atoms with Crippen molar-refractivity contribution >= 4 is 5.90 Å². The van der Waals surface area contributed by atoms with E-state index in [4.69, 9.17) is 0 Å². The highest BCUT2D eigenvalue weighted by Crippen LogP contribution is 2.24. The zero-order valence-corrected chi connectivity index (χ0v) is 10.4. The first-order valence-corrected chi connectivity index (χ1v) is 6.05. The Morgan fingerprint density at radius 1 is 0.944 bits per heavy atom. The summed E-state index contributed by atoms with van der Waals surface area (Å²) in [5.74, 6) is 0.0307. The Morgan fingerprint density at radius 2 is 1.39 bits per heavy atom. The maximum atomic E-state index is 11.0. The van der Waals surface area contributed by atoms with Gasteiger partial charge in [0.25, 0.3) is 0 Å². The Balaban J connectivity index is 2.32. The third kappa shape index (κ3) is 3.20. The van der Waals surface area contributed by atoms with Crippen molar-refractivity contribution in [1.82, 2.24) is 0 Å². The molecular weight excluding hydrogens is 222 g/mol. The van der Waals surface area contributed by atoms with E-state index in [0.29, 0.717) is 6.54 Å². The van der Waals surface area contributed by atoms with Crippen LogP contribution < -0.4 is 0 Å². The summed E-state index contributed by atoms with van der Waals surface area (Å²) in [6, 6.07) is 20.3. The van der Waals surface area contributed by atoms with Gasteiger partial charge in [-0.3, -0.25) is 10.1 Å². The van der Waals surface area contributed by atoms with Crippen LogP contribution >= 0.6 is 0 Å². The normalized spacial score (nSPS) is 11.8. The molecule has 0 saturated carbocycles. The van der Waals surface area contributed by atoms with Crippen LogP contribution in [0.25, 0.3) is 0 Å². The summed E-state index contributed by atoms with van der Waals surface area (Å²) in [6.07, 6.45) is 0. The zero-order valence-electron chi connectivity index (χ0n) is 10.4. The van der Waals surface area contributed by atoms with Gasteiger partial charge in [-0.1, -0.05) is 60.7 Å². The fourth-order valence-electron chi connectivity index (χ4n) is 1.99. The largest absolute Gasteiger partial charge is 0.273 e. The SMILES string of the molecule is CC([O])=NCC(c1ccccc1)c1ccccc1. The van der Waals surface area contributed by atoms with E-state index in [1.165, 1.54) is 18.1 Å². The van der Waals surface area contributed by atoms with Crippen LogP contribution in [0.4, 0.5) is 0 Å². The van der Waals surface area contributed by atoms with Crippen molar-refractivity contribution in [3.05, 3.63) is 71.8 Å². The molecule has 2 aromatic carbocycles. The molecule has 0 heterocycles. The highest BCUT2D eigenvalue weighted by Gasteiger charge is 2.13. The lowest BCUT2D eigenvalue weighted by Crippen LogP contribution is -2.06. The molecule has 1 radical (unpaired) electrons. The predicted octanol–water partition coefficient (Wildman–Crippen LogP) is 3.67. The maximum Gasteiger partial charge on any atom is 0.238 e. The molecule has 0 fully saturated rings. The van der Waals surface area contributed by atoms with Crippen LogP contribution in [0.15, 0.2) is 65.7 Å². The molecule has 0 aromatic heterocycles. The minimum absolute atomic E-state index is 0.119. The van der Waals surface area contributed by atoms with Gasteiger partial charge in [0.05, 0.1) is 6.54 Å². The Hall–Kier alpha value is -2.09. The second-order valence-electron chi connectivity index (χ2n) is 4.23. The van der Waals surface area contributed by atoms with Crippen molar-refractivity contribution in [3.63, 3.8) is 0 Å². The van der Waals surface area contributed by atoms with Crippen molar-refractivity contribution in [3.8, 4) is 0 Å². The molecule has 0 aliphatic carbocycles. The van der Waals surface area contributed by atoms with E-state index in [2.05, 4.69) is 29.3 Å². The predicted molar refractivity (Wildman–Crippen MR) is 73.4 cm³/mol. The summed E-state index contributed by atoms with van der Waals surface area (Å²) < 4.78 is 0. The summed E-state index contributed by atoms with van der Waals surface area (Å²) in [6.45, 7) is 2.00. The van der Waals surface area contributed by atoms with E-state index in [0.717, 1.165) is 0 Å². The summed E-state index contributed by atoms with van der Waals surface area (Å²) in [4.78, 5) is 4.04. The van der Waals surface area contributed by atoms with E-state index < -0.39 is 0 Å². The average Bonchev–Trinajstić information content (AvgIpc) is 2.41. The summed E-state index contributed by atoms with van der Waals surface area (Å²) in [5, 5.41) is 11.0. The zero-order chi connectivity index (χ0) is 12.8. The van der Waals surface area contributed by atoms with Crippen molar-refractivity contribution in [2.24, 2.45) is 4.99 Å².